The maximum Gasteiger partial charge on any atom is 0.124 e. The zero-order valence-electron chi connectivity index (χ0n) is 12.6. The third-order valence-electron chi connectivity index (χ3n) is 3.82. The Morgan fingerprint density at radius 2 is 2.11 bits per heavy atom. The molecule has 1 unspecified atom stereocenters. The largest absolute Gasteiger partial charge is 0.487 e. The smallest absolute Gasteiger partial charge is 0.124 e. The molecule has 1 aliphatic rings. The van der Waals surface area contributed by atoms with Crippen LogP contribution in [0.1, 0.15) is 38.3 Å². The fourth-order valence-electron chi connectivity index (χ4n) is 2.82. The Bertz CT molecular complexity index is 417. The number of para-hydroxylation sites is 1. The first-order valence-corrected chi connectivity index (χ1v) is 7.16. The first-order chi connectivity index (χ1) is 9.03. The molecule has 1 aliphatic heterocycles. The zero-order valence-corrected chi connectivity index (χ0v) is 12.6. The first-order valence-electron chi connectivity index (χ1n) is 7.16. The van der Waals surface area contributed by atoms with E-state index >= 15 is 0 Å². The molecule has 0 fully saturated rings. The predicted molar refractivity (Wildman–Crippen MR) is 79.7 cm³/mol. The highest BCUT2D eigenvalue weighted by molar-refractivity contribution is 5.38. The highest BCUT2D eigenvalue weighted by Crippen LogP contribution is 2.41. The van der Waals surface area contributed by atoms with Crippen LogP contribution in [-0.4, -0.2) is 37.7 Å². The Morgan fingerprint density at radius 3 is 2.84 bits per heavy atom. The van der Waals surface area contributed by atoms with Gasteiger partial charge >= 0.3 is 0 Å². The summed E-state index contributed by atoms with van der Waals surface area (Å²) in [5.74, 6) is 1.05. The van der Waals surface area contributed by atoms with Crippen LogP contribution in [0.4, 0.5) is 0 Å². The first kappa shape index (κ1) is 14.4. The highest BCUT2D eigenvalue weighted by Gasteiger charge is 2.35. The average molecular weight is 262 g/mol. The Labute approximate surface area is 116 Å². The average Bonchev–Trinajstić information content (AvgIpc) is 2.37. The number of rotatable bonds is 5. The van der Waals surface area contributed by atoms with Gasteiger partial charge in [-0.2, -0.15) is 0 Å². The maximum absolute atomic E-state index is 6.09. The Kier molecular flexibility index (Phi) is 4.48. The van der Waals surface area contributed by atoms with Crippen LogP contribution in [0.5, 0.6) is 5.75 Å². The summed E-state index contributed by atoms with van der Waals surface area (Å²) in [5, 5.41) is 3.21. The third kappa shape index (κ3) is 3.48. The second kappa shape index (κ2) is 5.93. The summed E-state index contributed by atoms with van der Waals surface area (Å²) in [7, 11) is 4.23. The van der Waals surface area contributed by atoms with E-state index in [0.717, 1.165) is 25.3 Å². The van der Waals surface area contributed by atoms with Gasteiger partial charge in [-0.3, -0.25) is 4.90 Å². The van der Waals surface area contributed by atoms with E-state index in [-0.39, 0.29) is 5.60 Å². The Hall–Kier alpha value is -1.06. The minimum absolute atomic E-state index is 0.0870. The van der Waals surface area contributed by atoms with E-state index in [9.17, 15) is 0 Å². The van der Waals surface area contributed by atoms with Crippen molar-refractivity contribution in [3.8, 4) is 5.75 Å². The molecule has 1 aromatic carbocycles. The molecule has 0 saturated carbocycles. The third-order valence-corrected chi connectivity index (χ3v) is 3.82. The molecular weight excluding hydrogens is 236 g/mol. The highest BCUT2D eigenvalue weighted by atomic mass is 16.5. The van der Waals surface area contributed by atoms with Crippen molar-refractivity contribution >= 4 is 0 Å². The molecule has 0 bridgehead atoms. The van der Waals surface area contributed by atoms with Gasteiger partial charge in [0.2, 0.25) is 0 Å². The van der Waals surface area contributed by atoms with Gasteiger partial charge in [0.05, 0.1) is 0 Å². The van der Waals surface area contributed by atoms with Crippen molar-refractivity contribution in [3.05, 3.63) is 29.8 Å². The standard InChI is InChI=1S/C16H26N2O/c1-16(2)12-14(18(4)11-7-10-17-3)13-8-5-6-9-15(13)19-16/h5-6,8-9,14,17H,7,10-12H2,1-4H3. The van der Waals surface area contributed by atoms with E-state index in [4.69, 9.17) is 4.74 Å². The van der Waals surface area contributed by atoms with Crippen molar-refractivity contribution in [1.29, 1.82) is 0 Å². The molecule has 0 spiro atoms. The number of nitrogens with one attached hydrogen (secondary N) is 1. The SMILES string of the molecule is CNCCCN(C)C1CC(C)(C)Oc2ccccc21. The predicted octanol–water partition coefficient (Wildman–Crippen LogP) is 2.83. The van der Waals surface area contributed by atoms with Crippen molar-refractivity contribution in [2.75, 3.05) is 27.2 Å². The number of nitrogens with zero attached hydrogens (tertiary/aromatic N) is 1. The molecule has 2 rings (SSSR count). The van der Waals surface area contributed by atoms with E-state index in [2.05, 4.69) is 55.4 Å². The lowest BCUT2D eigenvalue weighted by molar-refractivity contribution is 0.0371. The summed E-state index contributed by atoms with van der Waals surface area (Å²) in [6, 6.07) is 8.90. The normalized spacial score (nSPS) is 21.0. The van der Waals surface area contributed by atoms with E-state index < -0.39 is 0 Å². The number of hydrogen-bond donors (Lipinski definition) is 1. The minimum Gasteiger partial charge on any atom is -0.487 e. The topological polar surface area (TPSA) is 24.5 Å². The van der Waals surface area contributed by atoms with Crippen molar-refractivity contribution in [1.82, 2.24) is 10.2 Å². The summed E-state index contributed by atoms with van der Waals surface area (Å²) >= 11 is 0. The van der Waals surface area contributed by atoms with Gasteiger partial charge in [-0.05, 0) is 53.5 Å². The Balaban J connectivity index is 2.15. The molecule has 0 radical (unpaired) electrons. The van der Waals surface area contributed by atoms with Crippen LogP contribution in [-0.2, 0) is 0 Å². The molecule has 1 N–H and O–H groups in total. The monoisotopic (exact) mass is 262 g/mol. The van der Waals surface area contributed by atoms with Crippen LogP contribution < -0.4 is 10.1 Å². The van der Waals surface area contributed by atoms with Crippen LogP contribution in [0.2, 0.25) is 0 Å². The molecular formula is C16H26N2O. The Morgan fingerprint density at radius 1 is 1.37 bits per heavy atom. The summed E-state index contributed by atoms with van der Waals surface area (Å²) in [6.07, 6.45) is 2.22. The summed E-state index contributed by atoms with van der Waals surface area (Å²) in [4.78, 5) is 2.46. The van der Waals surface area contributed by atoms with Crippen molar-refractivity contribution in [3.63, 3.8) is 0 Å². The number of ether oxygens (including phenoxy) is 1. The van der Waals surface area contributed by atoms with Crippen LogP contribution in [0, 0.1) is 0 Å². The molecule has 0 aliphatic carbocycles. The lowest BCUT2D eigenvalue weighted by Crippen LogP contribution is -2.40. The molecule has 1 heterocycles. The van der Waals surface area contributed by atoms with Gasteiger partial charge in [-0.25, -0.2) is 0 Å². The number of benzene rings is 1. The molecule has 19 heavy (non-hydrogen) atoms. The molecule has 3 nitrogen and oxygen atoms in total. The lowest BCUT2D eigenvalue weighted by atomic mass is 9.89. The fraction of sp³-hybridized carbons (Fsp3) is 0.625. The van der Waals surface area contributed by atoms with Gasteiger partial charge in [0.1, 0.15) is 11.4 Å². The second-order valence-corrected chi connectivity index (χ2v) is 6.06. The molecule has 0 aromatic heterocycles. The van der Waals surface area contributed by atoms with Gasteiger partial charge in [-0.1, -0.05) is 18.2 Å². The quantitative estimate of drug-likeness (QED) is 0.826. The van der Waals surface area contributed by atoms with Crippen LogP contribution in [0.25, 0.3) is 0 Å². The van der Waals surface area contributed by atoms with Gasteiger partial charge < -0.3 is 10.1 Å². The van der Waals surface area contributed by atoms with Gasteiger partial charge in [0.25, 0.3) is 0 Å². The van der Waals surface area contributed by atoms with E-state index in [1.54, 1.807) is 0 Å². The second-order valence-electron chi connectivity index (χ2n) is 6.06. The van der Waals surface area contributed by atoms with Crippen LogP contribution in [0.3, 0.4) is 0 Å². The van der Waals surface area contributed by atoms with Crippen LogP contribution >= 0.6 is 0 Å². The van der Waals surface area contributed by atoms with Crippen molar-refractivity contribution in [2.24, 2.45) is 0 Å². The maximum atomic E-state index is 6.09. The number of fused-ring (bicyclic) bond motifs is 1. The fourth-order valence-corrected chi connectivity index (χ4v) is 2.82. The summed E-state index contributed by atoms with van der Waals surface area (Å²) < 4.78 is 6.09. The number of hydrogen-bond acceptors (Lipinski definition) is 3. The molecule has 1 atom stereocenters. The minimum atomic E-state index is -0.0870. The summed E-state index contributed by atoms with van der Waals surface area (Å²) in [5.41, 5.74) is 1.24. The van der Waals surface area contributed by atoms with Crippen molar-refractivity contribution < 1.29 is 4.74 Å². The molecule has 0 saturated heterocycles. The van der Waals surface area contributed by atoms with Gasteiger partial charge in [-0.15, -0.1) is 0 Å². The summed E-state index contributed by atoms with van der Waals surface area (Å²) in [6.45, 7) is 6.53. The van der Waals surface area contributed by atoms with E-state index in [0.29, 0.717) is 6.04 Å². The van der Waals surface area contributed by atoms with Crippen molar-refractivity contribution in [2.45, 2.75) is 38.3 Å². The van der Waals surface area contributed by atoms with Gasteiger partial charge in [0.15, 0.2) is 0 Å². The van der Waals surface area contributed by atoms with Crippen LogP contribution in [0.15, 0.2) is 24.3 Å². The molecule has 3 heteroatoms. The molecule has 106 valence electrons. The lowest BCUT2D eigenvalue weighted by Gasteiger charge is -2.41. The molecule has 1 aromatic rings. The molecule has 0 amide bonds. The zero-order chi connectivity index (χ0) is 13.9. The van der Waals surface area contributed by atoms with Gasteiger partial charge in [0, 0.05) is 18.0 Å². The van der Waals surface area contributed by atoms with E-state index in [1.807, 2.05) is 7.05 Å². The van der Waals surface area contributed by atoms with E-state index in [1.165, 1.54) is 12.0 Å².